The number of amides is 3. The van der Waals surface area contributed by atoms with Crippen LogP contribution in [-0.2, 0) is 16.0 Å². The van der Waals surface area contributed by atoms with Gasteiger partial charge in [-0.1, -0.05) is 30.3 Å². The van der Waals surface area contributed by atoms with Crippen molar-refractivity contribution < 1.29 is 14.4 Å². The van der Waals surface area contributed by atoms with Crippen LogP contribution in [0.5, 0.6) is 0 Å². The van der Waals surface area contributed by atoms with Gasteiger partial charge in [-0.15, -0.1) is 11.3 Å². The Balaban J connectivity index is 1.39. The van der Waals surface area contributed by atoms with E-state index in [9.17, 15) is 14.4 Å². The first-order chi connectivity index (χ1) is 15.5. The zero-order chi connectivity index (χ0) is 22.5. The van der Waals surface area contributed by atoms with Gasteiger partial charge in [0, 0.05) is 48.6 Å². The molecule has 3 amide bonds. The Bertz CT molecular complexity index is 1140. The minimum absolute atomic E-state index is 0.0325. The van der Waals surface area contributed by atoms with Crippen LogP contribution in [0.15, 0.2) is 53.9 Å². The number of anilines is 2. The molecule has 1 aromatic heterocycles. The molecule has 3 aromatic rings. The van der Waals surface area contributed by atoms with E-state index in [0.29, 0.717) is 30.2 Å². The summed E-state index contributed by atoms with van der Waals surface area (Å²) in [7, 11) is 0. The normalized spacial score (nSPS) is 13.3. The highest BCUT2D eigenvalue weighted by atomic mass is 32.1. The minimum atomic E-state index is -0.257. The molecule has 1 fully saturated rings. The fourth-order valence-electron chi connectivity index (χ4n) is 3.59. The van der Waals surface area contributed by atoms with Crippen molar-refractivity contribution >= 4 is 39.9 Å². The second-order valence-corrected chi connectivity index (χ2v) is 8.48. The third kappa shape index (κ3) is 5.20. The summed E-state index contributed by atoms with van der Waals surface area (Å²) in [6, 6.07) is 15.1. The molecule has 1 aliphatic rings. The molecule has 2 heterocycles. The van der Waals surface area contributed by atoms with Gasteiger partial charge in [-0.05, 0) is 36.6 Å². The topological polar surface area (TPSA) is 91.4 Å². The van der Waals surface area contributed by atoms with Gasteiger partial charge in [-0.25, -0.2) is 4.98 Å². The summed E-state index contributed by atoms with van der Waals surface area (Å²) in [6.07, 6.45) is 2.16. The van der Waals surface area contributed by atoms with Gasteiger partial charge in [0.15, 0.2) is 5.13 Å². The number of hydrogen-bond donors (Lipinski definition) is 2. The summed E-state index contributed by atoms with van der Waals surface area (Å²) in [5, 5.41) is 8.06. The van der Waals surface area contributed by atoms with Crippen LogP contribution in [0.4, 0.5) is 10.8 Å². The van der Waals surface area contributed by atoms with Crippen molar-refractivity contribution in [2.75, 3.05) is 23.3 Å². The number of aromatic nitrogens is 1. The molecular weight excluding hydrogens is 424 g/mol. The molecule has 1 saturated heterocycles. The molecule has 4 rings (SSSR count). The lowest BCUT2D eigenvalue weighted by Gasteiger charge is -2.16. The summed E-state index contributed by atoms with van der Waals surface area (Å²) in [5.74, 6) is -0.198. The highest BCUT2D eigenvalue weighted by molar-refractivity contribution is 7.14. The van der Waals surface area contributed by atoms with Gasteiger partial charge in [0.05, 0.1) is 5.69 Å². The van der Waals surface area contributed by atoms with Gasteiger partial charge < -0.3 is 10.2 Å². The van der Waals surface area contributed by atoms with Crippen molar-refractivity contribution in [1.82, 2.24) is 10.3 Å². The average molecular weight is 449 g/mol. The number of carbonyl (C=O) groups is 3. The second-order valence-electron chi connectivity index (χ2n) is 7.62. The molecule has 2 aromatic carbocycles. The summed E-state index contributed by atoms with van der Waals surface area (Å²) in [4.78, 5) is 41.9. The van der Waals surface area contributed by atoms with E-state index in [2.05, 4.69) is 15.6 Å². The monoisotopic (exact) mass is 448 g/mol. The van der Waals surface area contributed by atoms with Crippen LogP contribution in [0.3, 0.4) is 0 Å². The summed E-state index contributed by atoms with van der Waals surface area (Å²) in [5.41, 5.74) is 4.11. The zero-order valence-corrected chi connectivity index (χ0v) is 18.6. The van der Waals surface area contributed by atoms with Gasteiger partial charge in [0.2, 0.25) is 11.8 Å². The largest absolute Gasteiger partial charge is 0.356 e. The molecule has 164 valence electrons. The molecule has 32 heavy (non-hydrogen) atoms. The molecule has 7 nitrogen and oxygen atoms in total. The zero-order valence-electron chi connectivity index (χ0n) is 17.8. The maximum atomic E-state index is 12.7. The molecule has 0 unspecified atom stereocenters. The standard InChI is InChI=1S/C24H24N4O3S/c1-16(29)25-12-11-17-7-9-18(10-8-17)21-15-32-24(26-21)27-23(31)19-4-2-5-20(14-19)28-13-3-6-22(28)30/h2,4-5,7-10,14-15H,3,6,11-13H2,1H3,(H,25,29)(H,26,27,31). The van der Waals surface area contributed by atoms with Gasteiger partial charge in [-0.2, -0.15) is 0 Å². The lowest BCUT2D eigenvalue weighted by molar-refractivity contribution is -0.119. The molecule has 0 radical (unpaired) electrons. The van der Waals surface area contributed by atoms with Gasteiger partial charge in [-0.3, -0.25) is 19.7 Å². The van der Waals surface area contributed by atoms with Crippen LogP contribution < -0.4 is 15.5 Å². The van der Waals surface area contributed by atoms with Crippen molar-refractivity contribution in [3.63, 3.8) is 0 Å². The maximum Gasteiger partial charge on any atom is 0.257 e. The third-order valence-corrected chi connectivity index (χ3v) is 6.01. The van der Waals surface area contributed by atoms with E-state index in [1.807, 2.05) is 35.7 Å². The summed E-state index contributed by atoms with van der Waals surface area (Å²) in [6.45, 7) is 2.80. The van der Waals surface area contributed by atoms with Crippen molar-refractivity contribution in [2.45, 2.75) is 26.2 Å². The van der Waals surface area contributed by atoms with E-state index in [0.717, 1.165) is 35.3 Å². The second kappa shape index (κ2) is 9.74. The Hall–Kier alpha value is -3.52. The first-order valence-electron chi connectivity index (χ1n) is 10.5. The number of nitrogens with zero attached hydrogens (tertiary/aromatic N) is 2. The number of hydrogen-bond acceptors (Lipinski definition) is 5. The highest BCUT2D eigenvalue weighted by Crippen LogP contribution is 2.27. The Labute approximate surface area is 190 Å². The van der Waals surface area contributed by atoms with E-state index in [4.69, 9.17) is 0 Å². The summed E-state index contributed by atoms with van der Waals surface area (Å²) < 4.78 is 0. The lowest BCUT2D eigenvalue weighted by atomic mass is 10.1. The van der Waals surface area contributed by atoms with Crippen molar-refractivity contribution in [3.05, 3.63) is 65.0 Å². The molecule has 0 atom stereocenters. The molecule has 0 saturated carbocycles. The fourth-order valence-corrected chi connectivity index (χ4v) is 4.31. The van der Waals surface area contributed by atoms with E-state index < -0.39 is 0 Å². The number of thiazole rings is 1. The van der Waals surface area contributed by atoms with Gasteiger partial charge in [0.1, 0.15) is 0 Å². The predicted octanol–water partition coefficient (Wildman–Crippen LogP) is 3.87. The Kier molecular flexibility index (Phi) is 6.61. The van der Waals surface area contributed by atoms with Crippen LogP contribution in [0.2, 0.25) is 0 Å². The molecular formula is C24H24N4O3S. The van der Waals surface area contributed by atoms with E-state index in [-0.39, 0.29) is 17.7 Å². The van der Waals surface area contributed by atoms with Crippen molar-refractivity contribution in [2.24, 2.45) is 0 Å². The SMILES string of the molecule is CC(=O)NCCc1ccc(-c2csc(NC(=O)c3cccc(N4CCCC4=O)c3)n2)cc1. The lowest BCUT2D eigenvalue weighted by Crippen LogP contribution is -2.24. The molecule has 8 heteroatoms. The van der Waals surface area contributed by atoms with Crippen LogP contribution >= 0.6 is 11.3 Å². The Morgan fingerprint density at radius 1 is 1.16 bits per heavy atom. The van der Waals surface area contributed by atoms with Gasteiger partial charge in [0.25, 0.3) is 5.91 Å². The number of carbonyl (C=O) groups excluding carboxylic acids is 3. The molecule has 0 bridgehead atoms. The smallest absolute Gasteiger partial charge is 0.257 e. The first kappa shape index (κ1) is 21.7. The Morgan fingerprint density at radius 2 is 1.97 bits per heavy atom. The van der Waals surface area contributed by atoms with Crippen molar-refractivity contribution in [1.29, 1.82) is 0 Å². The molecule has 2 N–H and O–H groups in total. The van der Waals surface area contributed by atoms with E-state index in [1.165, 1.54) is 18.3 Å². The highest BCUT2D eigenvalue weighted by Gasteiger charge is 2.22. The molecule has 1 aliphatic heterocycles. The quantitative estimate of drug-likeness (QED) is 0.574. The van der Waals surface area contributed by atoms with Crippen LogP contribution in [0.1, 0.15) is 35.7 Å². The minimum Gasteiger partial charge on any atom is -0.356 e. The molecule has 0 spiro atoms. The fraction of sp³-hybridized carbons (Fsp3) is 0.250. The average Bonchev–Trinajstić information content (AvgIpc) is 3.43. The first-order valence-corrected chi connectivity index (χ1v) is 11.4. The number of nitrogens with one attached hydrogen (secondary N) is 2. The van der Waals surface area contributed by atoms with Crippen LogP contribution in [0, 0.1) is 0 Å². The Morgan fingerprint density at radius 3 is 2.69 bits per heavy atom. The van der Waals surface area contributed by atoms with E-state index >= 15 is 0 Å². The van der Waals surface area contributed by atoms with Gasteiger partial charge >= 0.3 is 0 Å². The predicted molar refractivity (Wildman–Crippen MR) is 126 cm³/mol. The molecule has 0 aliphatic carbocycles. The third-order valence-electron chi connectivity index (χ3n) is 5.26. The number of rotatable bonds is 7. The maximum absolute atomic E-state index is 12.7. The van der Waals surface area contributed by atoms with E-state index in [1.54, 1.807) is 23.1 Å². The van der Waals surface area contributed by atoms with Crippen LogP contribution in [-0.4, -0.2) is 35.8 Å². The van der Waals surface area contributed by atoms with Crippen LogP contribution in [0.25, 0.3) is 11.3 Å². The summed E-state index contributed by atoms with van der Waals surface area (Å²) >= 11 is 1.36. The van der Waals surface area contributed by atoms with Crippen molar-refractivity contribution in [3.8, 4) is 11.3 Å². The number of benzene rings is 2.